The second-order valence-corrected chi connectivity index (χ2v) is 5.55. The summed E-state index contributed by atoms with van der Waals surface area (Å²) in [6.45, 7) is 0. The van der Waals surface area contributed by atoms with E-state index in [0.29, 0.717) is 10.8 Å². The Hall–Kier alpha value is -0.0400. The van der Waals surface area contributed by atoms with Crippen molar-refractivity contribution in [3.63, 3.8) is 0 Å². The molecule has 0 heterocycles. The Labute approximate surface area is 80.5 Å². The Balaban J connectivity index is 1.97. The molecule has 1 N–H and O–H groups in total. The zero-order chi connectivity index (χ0) is 8.94. The third-order valence-electron chi connectivity index (χ3n) is 5.40. The molecule has 74 valence electrons. The quantitative estimate of drug-likeness (QED) is 0.607. The highest BCUT2D eigenvalue weighted by atomic mass is 16.3. The van der Waals surface area contributed by atoms with Gasteiger partial charge in [-0.05, 0) is 43.9 Å². The summed E-state index contributed by atoms with van der Waals surface area (Å²) in [6, 6.07) is 0. The van der Waals surface area contributed by atoms with Gasteiger partial charge < -0.3 is 5.11 Å². The first-order chi connectivity index (χ1) is 6.29. The van der Waals surface area contributed by atoms with E-state index in [1.165, 1.54) is 51.4 Å². The summed E-state index contributed by atoms with van der Waals surface area (Å²) in [5.41, 5.74) is 1.02. The molecule has 3 aliphatic rings. The molecule has 3 unspecified atom stereocenters. The largest absolute Gasteiger partial charge is 0.393 e. The Bertz CT molecular complexity index is 225. The molecule has 3 fully saturated rings. The van der Waals surface area contributed by atoms with Gasteiger partial charge in [0.05, 0.1) is 6.10 Å². The standard InChI is InChI=1S/C12H20O/c13-10-4-1-2-5-11-6-3-7-12(10,11)9-8-11/h10,13H,1-9H2. The van der Waals surface area contributed by atoms with Gasteiger partial charge in [-0.3, -0.25) is 0 Å². The van der Waals surface area contributed by atoms with Crippen LogP contribution < -0.4 is 0 Å². The third-order valence-corrected chi connectivity index (χ3v) is 5.40. The van der Waals surface area contributed by atoms with Crippen LogP contribution in [0.2, 0.25) is 0 Å². The lowest BCUT2D eigenvalue weighted by Gasteiger charge is -2.57. The van der Waals surface area contributed by atoms with Crippen LogP contribution in [0.1, 0.15) is 57.8 Å². The van der Waals surface area contributed by atoms with Gasteiger partial charge >= 0.3 is 0 Å². The first-order valence-electron chi connectivity index (χ1n) is 5.97. The predicted molar refractivity (Wildman–Crippen MR) is 52.4 cm³/mol. The van der Waals surface area contributed by atoms with Gasteiger partial charge in [0, 0.05) is 5.41 Å². The Morgan fingerprint density at radius 2 is 1.69 bits per heavy atom. The summed E-state index contributed by atoms with van der Waals surface area (Å²) in [7, 11) is 0. The molecule has 3 aliphatic carbocycles. The lowest BCUT2D eigenvalue weighted by molar-refractivity contribution is -0.134. The highest BCUT2D eigenvalue weighted by Gasteiger charge is 2.64. The molecule has 1 heteroatoms. The molecule has 0 bridgehead atoms. The van der Waals surface area contributed by atoms with Gasteiger partial charge in [0.1, 0.15) is 0 Å². The van der Waals surface area contributed by atoms with E-state index in [0.717, 1.165) is 6.42 Å². The Morgan fingerprint density at radius 3 is 2.46 bits per heavy atom. The van der Waals surface area contributed by atoms with Crippen LogP contribution in [-0.2, 0) is 0 Å². The zero-order valence-corrected chi connectivity index (χ0v) is 8.39. The Kier molecular flexibility index (Phi) is 1.59. The number of aliphatic hydroxyl groups is 1. The van der Waals surface area contributed by atoms with Gasteiger partial charge in [0.15, 0.2) is 0 Å². The van der Waals surface area contributed by atoms with Crippen molar-refractivity contribution >= 4 is 0 Å². The first-order valence-corrected chi connectivity index (χ1v) is 5.97. The molecule has 0 aliphatic heterocycles. The number of hydrogen-bond donors (Lipinski definition) is 1. The molecule has 0 amide bonds. The van der Waals surface area contributed by atoms with Crippen molar-refractivity contribution in [3.05, 3.63) is 0 Å². The van der Waals surface area contributed by atoms with E-state index < -0.39 is 0 Å². The number of aliphatic hydroxyl groups excluding tert-OH is 1. The van der Waals surface area contributed by atoms with Crippen LogP contribution in [0.25, 0.3) is 0 Å². The van der Waals surface area contributed by atoms with Crippen LogP contribution >= 0.6 is 0 Å². The van der Waals surface area contributed by atoms with E-state index in [4.69, 9.17) is 0 Å². The lowest BCUT2D eigenvalue weighted by atomic mass is 9.48. The molecule has 0 radical (unpaired) electrons. The van der Waals surface area contributed by atoms with Crippen molar-refractivity contribution in [2.45, 2.75) is 63.9 Å². The lowest BCUT2D eigenvalue weighted by Crippen LogP contribution is -2.53. The van der Waals surface area contributed by atoms with E-state index in [2.05, 4.69) is 0 Å². The first kappa shape index (κ1) is 8.28. The summed E-state index contributed by atoms with van der Waals surface area (Å²) in [6.07, 6.45) is 12.1. The molecule has 1 nitrogen and oxygen atoms in total. The smallest absolute Gasteiger partial charge is 0.0601 e. The molecule has 0 aromatic carbocycles. The minimum atomic E-state index is 0.0475. The molecule has 3 atom stereocenters. The summed E-state index contributed by atoms with van der Waals surface area (Å²) >= 11 is 0. The van der Waals surface area contributed by atoms with Gasteiger partial charge in [-0.2, -0.15) is 0 Å². The monoisotopic (exact) mass is 180 g/mol. The highest BCUT2D eigenvalue weighted by Crippen LogP contribution is 2.71. The molecule has 0 spiro atoms. The highest BCUT2D eigenvalue weighted by molar-refractivity contribution is 5.14. The summed E-state index contributed by atoms with van der Waals surface area (Å²) in [5.74, 6) is 0. The van der Waals surface area contributed by atoms with Crippen molar-refractivity contribution in [1.82, 2.24) is 0 Å². The van der Waals surface area contributed by atoms with E-state index in [9.17, 15) is 5.11 Å². The molecule has 3 saturated carbocycles. The van der Waals surface area contributed by atoms with Crippen molar-refractivity contribution in [2.75, 3.05) is 0 Å². The summed E-state index contributed by atoms with van der Waals surface area (Å²) in [5, 5.41) is 10.2. The second-order valence-electron chi connectivity index (χ2n) is 5.55. The van der Waals surface area contributed by atoms with E-state index in [1.54, 1.807) is 0 Å². The summed E-state index contributed by atoms with van der Waals surface area (Å²) < 4.78 is 0. The number of rotatable bonds is 0. The molecule has 3 rings (SSSR count). The van der Waals surface area contributed by atoms with Crippen LogP contribution in [0, 0.1) is 10.8 Å². The maximum atomic E-state index is 10.2. The van der Waals surface area contributed by atoms with Crippen LogP contribution in [0.15, 0.2) is 0 Å². The van der Waals surface area contributed by atoms with Crippen molar-refractivity contribution < 1.29 is 5.11 Å². The molecule has 0 aromatic rings. The molecule has 13 heavy (non-hydrogen) atoms. The predicted octanol–water partition coefficient (Wildman–Crippen LogP) is 2.87. The maximum absolute atomic E-state index is 10.2. The zero-order valence-electron chi connectivity index (χ0n) is 8.39. The van der Waals surface area contributed by atoms with E-state index in [1.807, 2.05) is 0 Å². The Morgan fingerprint density at radius 1 is 0.846 bits per heavy atom. The SMILES string of the molecule is OC1CCCCC23CCCC12CC3. The molecule has 0 saturated heterocycles. The van der Waals surface area contributed by atoms with Gasteiger partial charge in [-0.15, -0.1) is 0 Å². The maximum Gasteiger partial charge on any atom is 0.0601 e. The van der Waals surface area contributed by atoms with Crippen LogP contribution in [0.4, 0.5) is 0 Å². The van der Waals surface area contributed by atoms with Crippen LogP contribution in [0.3, 0.4) is 0 Å². The summed E-state index contributed by atoms with van der Waals surface area (Å²) in [4.78, 5) is 0. The van der Waals surface area contributed by atoms with Crippen molar-refractivity contribution in [3.8, 4) is 0 Å². The van der Waals surface area contributed by atoms with Crippen LogP contribution in [0.5, 0.6) is 0 Å². The van der Waals surface area contributed by atoms with E-state index in [-0.39, 0.29) is 6.10 Å². The normalized spacial score (nSPS) is 54.7. The molecular formula is C12H20O. The van der Waals surface area contributed by atoms with E-state index >= 15 is 0 Å². The average Bonchev–Trinajstić information content (AvgIpc) is 2.32. The van der Waals surface area contributed by atoms with Crippen molar-refractivity contribution in [2.24, 2.45) is 10.8 Å². The minimum Gasteiger partial charge on any atom is -0.393 e. The fourth-order valence-electron chi connectivity index (χ4n) is 4.57. The van der Waals surface area contributed by atoms with Gasteiger partial charge in [-0.1, -0.05) is 19.3 Å². The molecule has 0 aromatic heterocycles. The van der Waals surface area contributed by atoms with Gasteiger partial charge in [0.25, 0.3) is 0 Å². The topological polar surface area (TPSA) is 20.2 Å². The second kappa shape index (κ2) is 2.50. The average molecular weight is 180 g/mol. The van der Waals surface area contributed by atoms with Gasteiger partial charge in [-0.25, -0.2) is 0 Å². The fraction of sp³-hybridized carbons (Fsp3) is 1.00. The van der Waals surface area contributed by atoms with Gasteiger partial charge in [0.2, 0.25) is 0 Å². The molecular weight excluding hydrogens is 160 g/mol. The van der Waals surface area contributed by atoms with Crippen molar-refractivity contribution in [1.29, 1.82) is 0 Å². The third kappa shape index (κ3) is 0.823. The number of hydrogen-bond acceptors (Lipinski definition) is 1. The minimum absolute atomic E-state index is 0.0475. The van der Waals surface area contributed by atoms with Crippen LogP contribution in [-0.4, -0.2) is 11.2 Å². The fourth-order valence-corrected chi connectivity index (χ4v) is 4.57.